The lowest BCUT2D eigenvalue weighted by atomic mass is 10.1. The molecule has 1 aliphatic rings. The molecule has 1 fully saturated rings. The van der Waals surface area contributed by atoms with Gasteiger partial charge in [0.05, 0.1) is 6.61 Å². The highest BCUT2D eigenvalue weighted by atomic mass is 16.5. The van der Waals surface area contributed by atoms with Crippen LogP contribution in [-0.2, 0) is 4.74 Å². The Labute approximate surface area is 138 Å². The van der Waals surface area contributed by atoms with Gasteiger partial charge in [0.15, 0.2) is 0 Å². The summed E-state index contributed by atoms with van der Waals surface area (Å²) in [5.74, 6) is 0.613. The van der Waals surface area contributed by atoms with Crippen molar-refractivity contribution in [3.05, 3.63) is 23.9 Å². The summed E-state index contributed by atoms with van der Waals surface area (Å²) < 4.78 is 5.45. The molecule has 6 nitrogen and oxygen atoms in total. The first kappa shape index (κ1) is 17.7. The monoisotopic (exact) mass is 320 g/mol. The Hall–Kier alpha value is -1.66. The maximum absolute atomic E-state index is 12.4. The van der Waals surface area contributed by atoms with Crippen molar-refractivity contribution < 1.29 is 9.53 Å². The van der Waals surface area contributed by atoms with Crippen molar-refractivity contribution in [3.63, 3.8) is 0 Å². The van der Waals surface area contributed by atoms with E-state index in [9.17, 15) is 4.79 Å². The van der Waals surface area contributed by atoms with E-state index in [-0.39, 0.29) is 6.03 Å². The molecule has 0 unspecified atom stereocenters. The summed E-state index contributed by atoms with van der Waals surface area (Å²) in [5.41, 5.74) is 0.898. The summed E-state index contributed by atoms with van der Waals surface area (Å²) in [7, 11) is 0. The van der Waals surface area contributed by atoms with Gasteiger partial charge < -0.3 is 9.64 Å². The third-order valence-electron chi connectivity index (χ3n) is 4.21. The van der Waals surface area contributed by atoms with E-state index in [2.05, 4.69) is 22.1 Å². The lowest BCUT2D eigenvalue weighted by Gasteiger charge is -2.41. The maximum atomic E-state index is 12.4. The summed E-state index contributed by atoms with van der Waals surface area (Å²) >= 11 is 0. The summed E-state index contributed by atoms with van der Waals surface area (Å²) in [4.78, 5) is 21.1. The number of carbonyl (C=O) groups excluding carboxylic acids is 1. The molecule has 2 rings (SSSR count). The van der Waals surface area contributed by atoms with E-state index in [0.717, 1.165) is 51.5 Å². The van der Waals surface area contributed by atoms with E-state index in [1.54, 1.807) is 0 Å². The topological polar surface area (TPSA) is 57.7 Å². The van der Waals surface area contributed by atoms with Gasteiger partial charge in [-0.25, -0.2) is 9.78 Å². The first-order valence-electron chi connectivity index (χ1n) is 8.45. The van der Waals surface area contributed by atoms with Gasteiger partial charge in [0.2, 0.25) is 0 Å². The predicted molar refractivity (Wildman–Crippen MR) is 91.7 cm³/mol. The molecule has 6 heteroatoms. The number of urea groups is 1. The van der Waals surface area contributed by atoms with Gasteiger partial charge >= 0.3 is 6.03 Å². The lowest BCUT2D eigenvalue weighted by molar-refractivity contribution is 0.0545. The predicted octanol–water partition coefficient (Wildman–Crippen LogP) is 2.35. The van der Waals surface area contributed by atoms with E-state index < -0.39 is 0 Å². The van der Waals surface area contributed by atoms with Gasteiger partial charge in [0, 0.05) is 44.5 Å². The van der Waals surface area contributed by atoms with Crippen molar-refractivity contribution in [2.24, 2.45) is 0 Å². The zero-order chi connectivity index (χ0) is 16.7. The highest BCUT2D eigenvalue weighted by Gasteiger charge is 2.28. The fourth-order valence-corrected chi connectivity index (χ4v) is 2.89. The maximum Gasteiger partial charge on any atom is 0.323 e. The van der Waals surface area contributed by atoms with Crippen LogP contribution in [0.3, 0.4) is 0 Å². The van der Waals surface area contributed by atoms with E-state index in [0.29, 0.717) is 11.9 Å². The van der Waals surface area contributed by atoms with E-state index >= 15 is 0 Å². The molecular weight excluding hydrogens is 292 g/mol. The molecule has 2 amide bonds. The number of anilines is 1. The lowest BCUT2D eigenvalue weighted by Crippen LogP contribution is -2.56. The van der Waals surface area contributed by atoms with Crippen LogP contribution in [0, 0.1) is 6.92 Å². The van der Waals surface area contributed by atoms with Crippen LogP contribution in [0.2, 0.25) is 0 Å². The molecule has 1 N–H and O–H groups in total. The third kappa shape index (κ3) is 5.18. The molecule has 0 aromatic carbocycles. The van der Waals surface area contributed by atoms with E-state index in [1.165, 1.54) is 0 Å². The minimum Gasteiger partial charge on any atom is -0.380 e. The quantitative estimate of drug-likeness (QED) is 0.818. The minimum atomic E-state index is -0.0639. The number of rotatable bonds is 6. The molecular formula is C17H28N4O2. The second-order valence-corrected chi connectivity index (χ2v) is 5.84. The zero-order valence-corrected chi connectivity index (χ0v) is 14.4. The number of carbonyl (C=O) groups is 1. The van der Waals surface area contributed by atoms with Gasteiger partial charge in [-0.3, -0.25) is 10.2 Å². The highest BCUT2D eigenvalue weighted by molar-refractivity contribution is 5.88. The van der Waals surface area contributed by atoms with Crippen LogP contribution in [0.4, 0.5) is 10.6 Å². The Morgan fingerprint density at radius 3 is 2.91 bits per heavy atom. The molecule has 0 bridgehead atoms. The van der Waals surface area contributed by atoms with Crippen LogP contribution in [0.25, 0.3) is 0 Å². The smallest absolute Gasteiger partial charge is 0.323 e. The molecule has 0 spiro atoms. The van der Waals surface area contributed by atoms with Gasteiger partial charge in [0.25, 0.3) is 0 Å². The van der Waals surface area contributed by atoms with Crippen LogP contribution in [0.15, 0.2) is 18.2 Å². The number of nitrogens with zero attached hydrogens (tertiary/aromatic N) is 3. The first-order valence-corrected chi connectivity index (χ1v) is 8.45. The van der Waals surface area contributed by atoms with Crippen molar-refractivity contribution >= 4 is 11.8 Å². The molecule has 1 aliphatic heterocycles. The Morgan fingerprint density at radius 1 is 1.39 bits per heavy atom. The molecule has 1 saturated heterocycles. The fourth-order valence-electron chi connectivity index (χ4n) is 2.89. The number of ether oxygens (including phenoxy) is 1. The SMILES string of the molecule is CCOCCN1CCN(C(=O)Nc2cccc(C)n2)C[C@@H]1CC. The number of pyridine rings is 1. The van der Waals surface area contributed by atoms with Crippen LogP contribution in [0.5, 0.6) is 0 Å². The Balaban J connectivity index is 1.88. The molecule has 128 valence electrons. The molecule has 1 aromatic rings. The fraction of sp³-hybridized carbons (Fsp3) is 0.647. The van der Waals surface area contributed by atoms with Gasteiger partial charge in [-0.2, -0.15) is 0 Å². The number of piperazine rings is 1. The summed E-state index contributed by atoms with van der Waals surface area (Å²) in [6, 6.07) is 5.96. The molecule has 2 heterocycles. The van der Waals surface area contributed by atoms with Gasteiger partial charge in [0.1, 0.15) is 5.82 Å². The second-order valence-electron chi connectivity index (χ2n) is 5.84. The van der Waals surface area contributed by atoms with Crippen molar-refractivity contribution in [1.82, 2.24) is 14.8 Å². The number of amides is 2. The largest absolute Gasteiger partial charge is 0.380 e. The highest BCUT2D eigenvalue weighted by Crippen LogP contribution is 2.14. The van der Waals surface area contributed by atoms with Crippen molar-refractivity contribution in [2.75, 3.05) is 44.7 Å². The number of aryl methyl sites for hydroxylation is 1. The van der Waals surface area contributed by atoms with Gasteiger partial charge in [-0.1, -0.05) is 13.0 Å². The average Bonchev–Trinajstić information content (AvgIpc) is 2.55. The molecule has 1 aromatic heterocycles. The Kier molecular flexibility index (Phi) is 6.80. The number of nitrogens with one attached hydrogen (secondary N) is 1. The van der Waals surface area contributed by atoms with Crippen molar-refractivity contribution in [3.8, 4) is 0 Å². The molecule has 1 atom stereocenters. The van der Waals surface area contributed by atoms with E-state index in [1.807, 2.05) is 36.9 Å². The van der Waals surface area contributed by atoms with Crippen LogP contribution in [0.1, 0.15) is 26.0 Å². The molecule has 23 heavy (non-hydrogen) atoms. The molecule has 0 radical (unpaired) electrons. The number of aromatic nitrogens is 1. The average molecular weight is 320 g/mol. The molecule has 0 saturated carbocycles. The third-order valence-corrected chi connectivity index (χ3v) is 4.21. The summed E-state index contributed by atoms with van der Waals surface area (Å²) in [5, 5.41) is 2.90. The Morgan fingerprint density at radius 2 is 2.22 bits per heavy atom. The van der Waals surface area contributed by atoms with Gasteiger partial charge in [-0.15, -0.1) is 0 Å². The minimum absolute atomic E-state index is 0.0639. The van der Waals surface area contributed by atoms with Crippen LogP contribution >= 0.6 is 0 Å². The normalized spacial score (nSPS) is 18.9. The Bertz CT molecular complexity index is 509. The second kappa shape index (κ2) is 8.84. The number of hydrogen-bond acceptors (Lipinski definition) is 4. The van der Waals surface area contributed by atoms with Crippen LogP contribution in [-0.4, -0.2) is 66.2 Å². The summed E-state index contributed by atoms with van der Waals surface area (Å²) in [6.07, 6.45) is 1.03. The van der Waals surface area contributed by atoms with Crippen molar-refractivity contribution in [2.45, 2.75) is 33.2 Å². The number of hydrogen-bond donors (Lipinski definition) is 1. The molecule has 0 aliphatic carbocycles. The first-order chi connectivity index (χ1) is 11.1. The van der Waals surface area contributed by atoms with E-state index in [4.69, 9.17) is 4.74 Å². The standard InChI is InChI=1S/C17H28N4O2/c1-4-15-13-21(10-9-20(15)11-12-23-5-2)17(22)19-16-8-6-7-14(3)18-16/h6-8,15H,4-5,9-13H2,1-3H3,(H,18,19,22)/t15-/m0/s1. The zero-order valence-electron chi connectivity index (χ0n) is 14.4. The van der Waals surface area contributed by atoms with Gasteiger partial charge in [-0.05, 0) is 32.4 Å². The summed E-state index contributed by atoms with van der Waals surface area (Å²) in [6.45, 7) is 10.9. The van der Waals surface area contributed by atoms with Crippen molar-refractivity contribution in [1.29, 1.82) is 0 Å². The van der Waals surface area contributed by atoms with Crippen LogP contribution < -0.4 is 5.32 Å².